The molecule has 1 rings (SSSR count). The molecule has 0 amide bonds. The van der Waals surface area contributed by atoms with Gasteiger partial charge in [0, 0.05) is 12.6 Å². The zero-order chi connectivity index (χ0) is 13.9. The lowest BCUT2D eigenvalue weighted by Crippen LogP contribution is -2.24. The van der Waals surface area contributed by atoms with Crippen molar-refractivity contribution in [2.75, 3.05) is 6.54 Å². The van der Waals surface area contributed by atoms with Crippen LogP contribution in [0.25, 0.3) is 0 Å². The van der Waals surface area contributed by atoms with Crippen molar-refractivity contribution in [3.8, 4) is 0 Å². The number of hydrogen-bond acceptors (Lipinski definition) is 4. The lowest BCUT2D eigenvalue weighted by Gasteiger charge is -2.06. The minimum Gasteiger partial charge on any atom is -0.258 e. The SMILES string of the molecule is C=CCNS(=O)(=O)c1cc(C)c(F)c([N+](=O)[O-])c1. The average Bonchev–Trinajstić information content (AvgIpc) is 2.29. The molecule has 0 fully saturated rings. The van der Waals surface area contributed by atoms with Crippen molar-refractivity contribution in [2.45, 2.75) is 11.8 Å². The molecule has 0 spiro atoms. The smallest absolute Gasteiger partial charge is 0.258 e. The monoisotopic (exact) mass is 274 g/mol. The summed E-state index contributed by atoms with van der Waals surface area (Å²) in [5.74, 6) is -1.04. The molecule has 0 aromatic heterocycles. The highest BCUT2D eigenvalue weighted by Gasteiger charge is 2.23. The van der Waals surface area contributed by atoms with Crippen LogP contribution in [0.15, 0.2) is 29.7 Å². The highest BCUT2D eigenvalue weighted by Crippen LogP contribution is 2.24. The fraction of sp³-hybridized carbons (Fsp3) is 0.200. The van der Waals surface area contributed by atoms with E-state index in [1.807, 2.05) is 0 Å². The number of nitrogens with one attached hydrogen (secondary N) is 1. The predicted molar refractivity (Wildman–Crippen MR) is 63.2 cm³/mol. The van der Waals surface area contributed by atoms with E-state index in [1.165, 1.54) is 13.0 Å². The molecule has 98 valence electrons. The Balaban J connectivity index is 3.35. The van der Waals surface area contributed by atoms with Crippen LogP contribution < -0.4 is 4.72 Å². The normalized spacial score (nSPS) is 11.2. The Hall–Kier alpha value is -1.80. The second kappa shape index (κ2) is 5.23. The molecule has 6 nitrogen and oxygen atoms in total. The molecule has 0 aliphatic heterocycles. The maximum absolute atomic E-state index is 13.4. The molecular weight excluding hydrogens is 263 g/mol. The molecule has 0 atom stereocenters. The first-order chi connectivity index (χ1) is 8.29. The quantitative estimate of drug-likeness (QED) is 0.500. The first-order valence-electron chi connectivity index (χ1n) is 4.84. The standard InChI is InChI=1S/C10H11FN2O4S/c1-3-4-12-18(16,17)8-5-7(2)10(11)9(6-8)13(14)15/h3,5-6,12H,1,4H2,2H3. The molecular formula is C10H11FN2O4S. The van der Waals surface area contributed by atoms with Crippen LogP contribution in [-0.2, 0) is 10.0 Å². The molecule has 0 saturated carbocycles. The molecule has 0 aliphatic carbocycles. The molecule has 0 unspecified atom stereocenters. The average molecular weight is 274 g/mol. The topological polar surface area (TPSA) is 89.3 Å². The maximum atomic E-state index is 13.4. The van der Waals surface area contributed by atoms with Crippen LogP contribution in [-0.4, -0.2) is 19.9 Å². The summed E-state index contributed by atoms with van der Waals surface area (Å²) >= 11 is 0. The van der Waals surface area contributed by atoms with E-state index in [0.717, 1.165) is 6.07 Å². The largest absolute Gasteiger partial charge is 0.306 e. The van der Waals surface area contributed by atoms with Gasteiger partial charge in [-0.2, -0.15) is 4.39 Å². The Kier molecular flexibility index (Phi) is 4.15. The van der Waals surface area contributed by atoms with E-state index >= 15 is 0 Å². The maximum Gasteiger partial charge on any atom is 0.306 e. The van der Waals surface area contributed by atoms with Crippen LogP contribution in [0, 0.1) is 22.9 Å². The lowest BCUT2D eigenvalue weighted by atomic mass is 10.2. The third kappa shape index (κ3) is 2.90. The second-order valence-electron chi connectivity index (χ2n) is 3.47. The number of nitrogens with zero attached hydrogens (tertiary/aromatic N) is 1. The van der Waals surface area contributed by atoms with Crippen LogP contribution in [0.5, 0.6) is 0 Å². The highest BCUT2D eigenvalue weighted by molar-refractivity contribution is 7.89. The Bertz CT molecular complexity index is 598. The van der Waals surface area contributed by atoms with Crippen molar-refractivity contribution in [3.63, 3.8) is 0 Å². The molecule has 0 heterocycles. The van der Waals surface area contributed by atoms with Gasteiger partial charge in [-0.25, -0.2) is 13.1 Å². The molecule has 1 aromatic carbocycles. The number of benzene rings is 1. The molecule has 0 aliphatic rings. The van der Waals surface area contributed by atoms with Gasteiger partial charge in [0.25, 0.3) is 0 Å². The number of rotatable bonds is 5. The Labute approximate surface area is 103 Å². The number of nitro groups is 1. The van der Waals surface area contributed by atoms with Crippen molar-refractivity contribution >= 4 is 15.7 Å². The second-order valence-corrected chi connectivity index (χ2v) is 5.24. The number of nitro benzene ring substituents is 1. The van der Waals surface area contributed by atoms with Gasteiger partial charge in [0.15, 0.2) is 0 Å². The van der Waals surface area contributed by atoms with Gasteiger partial charge in [0.2, 0.25) is 15.8 Å². The summed E-state index contributed by atoms with van der Waals surface area (Å²) in [5, 5.41) is 10.6. The fourth-order valence-electron chi connectivity index (χ4n) is 1.26. The zero-order valence-electron chi connectivity index (χ0n) is 9.51. The zero-order valence-corrected chi connectivity index (χ0v) is 10.3. The molecule has 0 saturated heterocycles. The van der Waals surface area contributed by atoms with Gasteiger partial charge >= 0.3 is 5.69 Å². The molecule has 0 bridgehead atoms. The summed E-state index contributed by atoms with van der Waals surface area (Å²) in [6, 6.07) is 1.72. The van der Waals surface area contributed by atoms with Crippen molar-refractivity contribution in [1.29, 1.82) is 0 Å². The van der Waals surface area contributed by atoms with Gasteiger partial charge in [-0.3, -0.25) is 10.1 Å². The van der Waals surface area contributed by atoms with Crippen LogP contribution in [0.2, 0.25) is 0 Å². The van der Waals surface area contributed by atoms with Gasteiger partial charge in [-0.1, -0.05) is 6.08 Å². The van der Waals surface area contributed by atoms with Crippen molar-refractivity contribution in [2.24, 2.45) is 0 Å². The molecule has 1 aromatic rings. The summed E-state index contributed by atoms with van der Waals surface area (Å²) in [7, 11) is -3.91. The first-order valence-corrected chi connectivity index (χ1v) is 6.33. The van der Waals surface area contributed by atoms with Crippen molar-refractivity contribution in [1.82, 2.24) is 4.72 Å². The molecule has 8 heteroatoms. The molecule has 18 heavy (non-hydrogen) atoms. The number of halogens is 1. The Morgan fingerprint density at radius 1 is 1.56 bits per heavy atom. The van der Waals surface area contributed by atoms with E-state index in [9.17, 15) is 22.9 Å². The third-order valence-corrected chi connectivity index (χ3v) is 3.54. The van der Waals surface area contributed by atoms with E-state index in [0.29, 0.717) is 6.07 Å². The van der Waals surface area contributed by atoms with E-state index in [2.05, 4.69) is 11.3 Å². The number of aryl methyl sites for hydroxylation is 1. The number of sulfonamides is 1. The lowest BCUT2D eigenvalue weighted by molar-refractivity contribution is -0.387. The van der Waals surface area contributed by atoms with Gasteiger partial charge in [0.1, 0.15) is 0 Å². The summed E-state index contributed by atoms with van der Waals surface area (Å²) in [6.45, 7) is 4.58. The van der Waals surface area contributed by atoms with Gasteiger partial charge < -0.3 is 0 Å². The van der Waals surface area contributed by atoms with E-state index < -0.39 is 26.5 Å². The fourth-order valence-corrected chi connectivity index (χ4v) is 2.36. The van der Waals surface area contributed by atoms with Crippen LogP contribution in [0.1, 0.15) is 5.56 Å². The van der Waals surface area contributed by atoms with E-state index in [4.69, 9.17) is 0 Å². The first kappa shape index (κ1) is 14.3. The Morgan fingerprint density at radius 3 is 2.67 bits per heavy atom. The van der Waals surface area contributed by atoms with Crippen LogP contribution >= 0.6 is 0 Å². The molecule has 1 N–H and O–H groups in total. The minimum atomic E-state index is -3.91. The minimum absolute atomic E-state index is 0.0213. The van der Waals surface area contributed by atoms with E-state index in [-0.39, 0.29) is 17.0 Å². The van der Waals surface area contributed by atoms with Crippen molar-refractivity contribution < 1.29 is 17.7 Å². The van der Waals surface area contributed by atoms with Crippen LogP contribution in [0.3, 0.4) is 0 Å². The van der Waals surface area contributed by atoms with Gasteiger partial charge in [0.05, 0.1) is 9.82 Å². The van der Waals surface area contributed by atoms with Gasteiger partial charge in [-0.05, 0) is 18.6 Å². The number of hydrogen-bond donors (Lipinski definition) is 1. The van der Waals surface area contributed by atoms with Crippen molar-refractivity contribution in [3.05, 3.63) is 46.3 Å². The van der Waals surface area contributed by atoms with Gasteiger partial charge in [-0.15, -0.1) is 6.58 Å². The highest BCUT2D eigenvalue weighted by atomic mass is 32.2. The third-order valence-electron chi connectivity index (χ3n) is 2.13. The summed E-state index contributed by atoms with van der Waals surface area (Å²) < 4.78 is 39.0. The summed E-state index contributed by atoms with van der Waals surface area (Å²) in [6.07, 6.45) is 1.32. The van der Waals surface area contributed by atoms with E-state index in [1.54, 1.807) is 0 Å². The predicted octanol–water partition coefficient (Wildman–Crippen LogP) is 1.51. The Morgan fingerprint density at radius 2 is 2.17 bits per heavy atom. The molecule has 0 radical (unpaired) electrons. The van der Waals surface area contributed by atoms with Crippen LogP contribution in [0.4, 0.5) is 10.1 Å². The summed E-state index contributed by atoms with van der Waals surface area (Å²) in [4.78, 5) is 9.29. The summed E-state index contributed by atoms with van der Waals surface area (Å²) in [5.41, 5.74) is -0.975.